The number of hydrogen-bond donors (Lipinski definition) is 0. The maximum atomic E-state index is 14.4. The summed E-state index contributed by atoms with van der Waals surface area (Å²) < 4.78 is 48.7. The molecule has 1 unspecified atom stereocenters. The Hall–Kier alpha value is -1.70. The molecule has 132 valence electrons. The fourth-order valence-electron chi connectivity index (χ4n) is 3.48. The summed E-state index contributed by atoms with van der Waals surface area (Å²) in [6.07, 6.45) is 3.17. The van der Waals surface area contributed by atoms with Gasteiger partial charge in [0.25, 0.3) is 0 Å². The monoisotopic (exact) mass is 358 g/mol. The lowest BCUT2D eigenvalue weighted by Gasteiger charge is -2.29. The molecule has 0 radical (unpaired) electrons. The first-order valence-corrected chi connectivity index (χ1v) is 9.66. The summed E-state index contributed by atoms with van der Waals surface area (Å²) in [4.78, 5) is 15.4. The molecule has 1 aromatic carbocycles. The minimum Gasteiger partial charge on any atom is -0.369 e. The zero-order valence-electron chi connectivity index (χ0n) is 13.2. The molecule has 2 fully saturated rings. The number of benzene rings is 1. The minimum atomic E-state index is -4.63. The Labute approximate surface area is 140 Å². The van der Waals surface area contributed by atoms with Crippen LogP contribution in [-0.4, -0.2) is 39.7 Å². The largest absolute Gasteiger partial charge is 0.369 e. The molecule has 0 spiro atoms. The van der Waals surface area contributed by atoms with Gasteiger partial charge in [0.15, 0.2) is 0 Å². The molecule has 24 heavy (non-hydrogen) atoms. The van der Waals surface area contributed by atoms with E-state index < -0.39 is 27.7 Å². The second-order valence-corrected chi connectivity index (χ2v) is 7.87. The van der Waals surface area contributed by atoms with E-state index in [-0.39, 0.29) is 18.9 Å². The van der Waals surface area contributed by atoms with Gasteiger partial charge in [0, 0.05) is 37.7 Å². The number of amides is 1. The van der Waals surface area contributed by atoms with Gasteiger partial charge in [-0.3, -0.25) is 4.79 Å². The molecule has 1 atom stereocenters. The number of halogens is 2. The van der Waals surface area contributed by atoms with E-state index in [2.05, 4.69) is 0 Å². The summed E-state index contributed by atoms with van der Waals surface area (Å²) >= 11 is 0. The van der Waals surface area contributed by atoms with E-state index in [0.717, 1.165) is 32.4 Å². The van der Waals surface area contributed by atoms with Crippen LogP contribution in [0, 0.1) is 11.7 Å². The third kappa shape index (κ3) is 3.85. The molecule has 2 saturated heterocycles. The van der Waals surface area contributed by atoms with Gasteiger partial charge in [-0.05, 0) is 37.5 Å². The van der Waals surface area contributed by atoms with Crippen LogP contribution in [0.25, 0.3) is 0 Å². The zero-order chi connectivity index (χ0) is 17.3. The Morgan fingerprint density at radius 2 is 1.88 bits per heavy atom. The average molecular weight is 358 g/mol. The van der Waals surface area contributed by atoms with Crippen molar-refractivity contribution in [3.63, 3.8) is 0 Å². The van der Waals surface area contributed by atoms with Gasteiger partial charge in [-0.15, -0.1) is 3.89 Å². The molecule has 3 rings (SSSR count). The molecular formula is C16H20F2N2O3S. The van der Waals surface area contributed by atoms with Gasteiger partial charge in [0.1, 0.15) is 5.82 Å². The van der Waals surface area contributed by atoms with Crippen LogP contribution in [0.2, 0.25) is 0 Å². The lowest BCUT2D eigenvalue weighted by atomic mass is 10.1. The first-order valence-electron chi connectivity index (χ1n) is 8.11. The van der Waals surface area contributed by atoms with Gasteiger partial charge in [0.05, 0.1) is 11.4 Å². The first kappa shape index (κ1) is 17.1. The predicted molar refractivity (Wildman–Crippen MR) is 87.8 cm³/mol. The van der Waals surface area contributed by atoms with Crippen LogP contribution in [0.4, 0.5) is 19.7 Å². The molecule has 2 heterocycles. The standard InChI is InChI=1S/C16H20F2N2O3S/c17-14-9-13(4-5-15(14)19-6-2-1-3-7-19)20-10-12(8-16(20)21)11-24(18,22)23/h4-5,9,12H,1-3,6-8,10-11H2. The van der Waals surface area contributed by atoms with Gasteiger partial charge >= 0.3 is 10.2 Å². The normalized spacial score (nSPS) is 22.2. The van der Waals surface area contributed by atoms with E-state index >= 15 is 0 Å². The Bertz CT molecular complexity index is 733. The molecular weight excluding hydrogens is 338 g/mol. The lowest BCUT2D eigenvalue weighted by Crippen LogP contribution is -2.30. The Balaban J connectivity index is 1.75. The molecule has 2 aliphatic rings. The molecule has 0 saturated carbocycles. The fourth-order valence-corrected chi connectivity index (χ4v) is 4.27. The number of nitrogens with zero attached hydrogens (tertiary/aromatic N) is 2. The highest BCUT2D eigenvalue weighted by Crippen LogP contribution is 2.31. The number of anilines is 2. The van der Waals surface area contributed by atoms with Crippen LogP contribution in [0.5, 0.6) is 0 Å². The van der Waals surface area contributed by atoms with Crippen LogP contribution >= 0.6 is 0 Å². The summed E-state index contributed by atoms with van der Waals surface area (Å²) in [5.74, 6) is -1.99. The van der Waals surface area contributed by atoms with Gasteiger partial charge in [0.2, 0.25) is 5.91 Å². The van der Waals surface area contributed by atoms with Crippen molar-refractivity contribution in [3.05, 3.63) is 24.0 Å². The summed E-state index contributed by atoms with van der Waals surface area (Å²) in [5, 5.41) is 0. The van der Waals surface area contributed by atoms with E-state index in [4.69, 9.17) is 0 Å². The van der Waals surface area contributed by atoms with Crippen molar-refractivity contribution in [1.82, 2.24) is 0 Å². The second kappa shape index (κ2) is 6.66. The minimum absolute atomic E-state index is 0.0430. The average Bonchev–Trinajstić information content (AvgIpc) is 2.86. The molecule has 8 heteroatoms. The van der Waals surface area contributed by atoms with Gasteiger partial charge in [-0.2, -0.15) is 8.42 Å². The molecule has 0 aromatic heterocycles. The Kier molecular flexibility index (Phi) is 4.76. The van der Waals surface area contributed by atoms with Crippen LogP contribution in [0.15, 0.2) is 18.2 Å². The van der Waals surface area contributed by atoms with Crippen LogP contribution in [-0.2, 0) is 15.0 Å². The molecule has 0 bridgehead atoms. The van der Waals surface area contributed by atoms with Crippen LogP contribution < -0.4 is 9.80 Å². The molecule has 0 N–H and O–H groups in total. The van der Waals surface area contributed by atoms with E-state index in [9.17, 15) is 21.5 Å². The van der Waals surface area contributed by atoms with Crippen molar-refractivity contribution < 1.29 is 21.5 Å². The summed E-state index contributed by atoms with van der Waals surface area (Å²) in [5.41, 5.74) is 0.907. The number of carbonyl (C=O) groups excluding carboxylic acids is 1. The maximum absolute atomic E-state index is 14.4. The molecule has 0 aliphatic carbocycles. The first-order chi connectivity index (χ1) is 11.3. The molecule has 1 amide bonds. The second-order valence-electron chi connectivity index (χ2n) is 6.46. The molecule has 1 aromatic rings. The SMILES string of the molecule is O=C1CC(CS(=O)(=O)F)CN1c1ccc(N2CCCCC2)c(F)c1. The van der Waals surface area contributed by atoms with Crippen molar-refractivity contribution in [2.75, 3.05) is 35.2 Å². The quantitative estimate of drug-likeness (QED) is 0.776. The van der Waals surface area contributed by atoms with Crippen LogP contribution in [0.1, 0.15) is 25.7 Å². The van der Waals surface area contributed by atoms with Crippen molar-refractivity contribution in [3.8, 4) is 0 Å². The lowest BCUT2D eigenvalue weighted by molar-refractivity contribution is -0.117. The van der Waals surface area contributed by atoms with Gasteiger partial charge in [-0.25, -0.2) is 4.39 Å². The highest BCUT2D eigenvalue weighted by molar-refractivity contribution is 7.86. The van der Waals surface area contributed by atoms with E-state index in [0.29, 0.717) is 11.4 Å². The summed E-state index contributed by atoms with van der Waals surface area (Å²) in [7, 11) is -4.63. The summed E-state index contributed by atoms with van der Waals surface area (Å²) in [6, 6.07) is 4.62. The maximum Gasteiger partial charge on any atom is 0.302 e. The van der Waals surface area contributed by atoms with Crippen molar-refractivity contribution in [2.24, 2.45) is 5.92 Å². The fraction of sp³-hybridized carbons (Fsp3) is 0.562. The van der Waals surface area contributed by atoms with Crippen molar-refractivity contribution in [1.29, 1.82) is 0 Å². The van der Waals surface area contributed by atoms with E-state index in [1.807, 2.05) is 4.90 Å². The number of rotatable bonds is 4. The summed E-state index contributed by atoms with van der Waals surface area (Å²) in [6.45, 7) is 1.72. The van der Waals surface area contributed by atoms with Gasteiger partial charge in [-0.1, -0.05) is 0 Å². The highest BCUT2D eigenvalue weighted by atomic mass is 32.3. The molecule has 5 nitrogen and oxygen atoms in total. The third-order valence-electron chi connectivity index (χ3n) is 4.58. The number of hydrogen-bond acceptors (Lipinski definition) is 4. The third-order valence-corrected chi connectivity index (χ3v) is 5.45. The number of carbonyl (C=O) groups is 1. The zero-order valence-corrected chi connectivity index (χ0v) is 14.1. The highest BCUT2D eigenvalue weighted by Gasteiger charge is 2.34. The molecule has 2 aliphatic heterocycles. The van der Waals surface area contributed by atoms with Gasteiger partial charge < -0.3 is 9.80 Å². The Morgan fingerprint density at radius 1 is 1.17 bits per heavy atom. The smallest absolute Gasteiger partial charge is 0.302 e. The van der Waals surface area contributed by atoms with E-state index in [1.54, 1.807) is 12.1 Å². The van der Waals surface area contributed by atoms with Crippen molar-refractivity contribution in [2.45, 2.75) is 25.7 Å². The van der Waals surface area contributed by atoms with Crippen molar-refractivity contribution >= 4 is 27.5 Å². The number of piperidine rings is 1. The van der Waals surface area contributed by atoms with Crippen LogP contribution in [0.3, 0.4) is 0 Å². The van der Waals surface area contributed by atoms with E-state index in [1.165, 1.54) is 11.0 Å². The Morgan fingerprint density at radius 3 is 2.50 bits per heavy atom. The topological polar surface area (TPSA) is 57.7 Å². The predicted octanol–water partition coefficient (Wildman–Crippen LogP) is 2.47.